The molecule has 1 amide bonds. The lowest BCUT2D eigenvalue weighted by Crippen LogP contribution is -2.47. The largest absolute Gasteiger partial charge is 0.394 e. The maximum atomic E-state index is 13.9. The monoisotopic (exact) mass is 522 g/mol. The van der Waals surface area contributed by atoms with E-state index in [4.69, 9.17) is 4.74 Å². The van der Waals surface area contributed by atoms with E-state index in [1.54, 1.807) is 42.3 Å². The van der Waals surface area contributed by atoms with Gasteiger partial charge in [-0.2, -0.15) is 4.31 Å². The first-order valence-electron chi connectivity index (χ1n) is 12.5. The number of hydrogen-bond donors (Lipinski definition) is 1. The van der Waals surface area contributed by atoms with E-state index < -0.39 is 22.2 Å². The molecule has 0 bridgehead atoms. The van der Waals surface area contributed by atoms with Crippen LogP contribution in [0.4, 0.5) is 0 Å². The molecule has 1 N–H and O–H groups in total. The minimum atomic E-state index is -3.72. The molecule has 0 saturated heterocycles. The zero-order chi connectivity index (χ0) is 26.6. The molecule has 0 unspecified atom stereocenters. The Balaban J connectivity index is 1.74. The van der Waals surface area contributed by atoms with Gasteiger partial charge in [-0.15, -0.1) is 0 Å². The van der Waals surface area contributed by atoms with Crippen LogP contribution < -0.4 is 0 Å². The minimum absolute atomic E-state index is 0.114. The molecule has 8 heteroatoms. The molecule has 3 atom stereocenters. The molecule has 0 spiro atoms. The number of benzene rings is 3. The van der Waals surface area contributed by atoms with E-state index in [2.05, 4.69) is 0 Å². The molecule has 1 heterocycles. The van der Waals surface area contributed by atoms with Crippen LogP contribution >= 0.6 is 0 Å². The Kier molecular flexibility index (Phi) is 8.44. The van der Waals surface area contributed by atoms with Crippen molar-refractivity contribution in [2.45, 2.75) is 37.5 Å². The second-order valence-electron chi connectivity index (χ2n) is 9.62. The van der Waals surface area contributed by atoms with Gasteiger partial charge in [0.2, 0.25) is 10.0 Å². The average Bonchev–Trinajstić information content (AvgIpc) is 2.94. The molecule has 196 valence electrons. The second kappa shape index (κ2) is 11.6. The molecular weight excluding hydrogens is 488 g/mol. The molecule has 7 nitrogen and oxygen atoms in total. The van der Waals surface area contributed by atoms with E-state index in [-0.39, 0.29) is 36.5 Å². The zero-order valence-electron chi connectivity index (χ0n) is 21.4. The first-order valence-corrected chi connectivity index (χ1v) is 13.9. The van der Waals surface area contributed by atoms with Crippen molar-refractivity contribution in [2.24, 2.45) is 5.92 Å². The minimum Gasteiger partial charge on any atom is -0.394 e. The number of carbonyl (C=O) groups is 1. The van der Waals surface area contributed by atoms with Crippen LogP contribution in [0.1, 0.15) is 29.8 Å². The molecule has 0 aliphatic carbocycles. The fourth-order valence-electron chi connectivity index (χ4n) is 4.68. The third-order valence-corrected chi connectivity index (χ3v) is 8.82. The van der Waals surface area contributed by atoms with Gasteiger partial charge in [-0.25, -0.2) is 8.42 Å². The number of fused-ring (bicyclic) bond motifs is 3. The van der Waals surface area contributed by atoms with Crippen LogP contribution in [0.2, 0.25) is 0 Å². The summed E-state index contributed by atoms with van der Waals surface area (Å²) >= 11 is 0. The van der Waals surface area contributed by atoms with Crippen LogP contribution in [-0.4, -0.2) is 67.5 Å². The van der Waals surface area contributed by atoms with Gasteiger partial charge in [0.1, 0.15) is 0 Å². The summed E-state index contributed by atoms with van der Waals surface area (Å²) in [6.07, 6.45) is -0.501. The number of hydrogen-bond acceptors (Lipinski definition) is 5. The van der Waals surface area contributed by atoms with Crippen molar-refractivity contribution in [3.63, 3.8) is 0 Å². The Labute approximate surface area is 219 Å². The van der Waals surface area contributed by atoms with Crippen LogP contribution in [0, 0.1) is 5.92 Å². The van der Waals surface area contributed by atoms with E-state index in [9.17, 15) is 18.3 Å². The van der Waals surface area contributed by atoms with Gasteiger partial charge >= 0.3 is 0 Å². The van der Waals surface area contributed by atoms with Crippen molar-refractivity contribution in [2.75, 3.05) is 26.7 Å². The number of amides is 1. The number of likely N-dealkylation sites (N-methyl/N-ethyl adjacent to an activating group) is 1. The molecule has 4 rings (SSSR count). The Morgan fingerprint density at radius 2 is 1.57 bits per heavy atom. The molecule has 3 aromatic carbocycles. The lowest BCUT2D eigenvalue weighted by atomic mass is 9.94. The average molecular weight is 523 g/mol. The summed E-state index contributed by atoms with van der Waals surface area (Å²) in [7, 11) is -2.17. The fraction of sp³-hybridized carbons (Fsp3) is 0.345. The maximum Gasteiger partial charge on any atom is 0.254 e. The zero-order valence-corrected chi connectivity index (χ0v) is 22.3. The third-order valence-electron chi connectivity index (χ3n) is 6.98. The number of aliphatic hydroxyl groups excluding tert-OH is 1. The summed E-state index contributed by atoms with van der Waals surface area (Å²) < 4.78 is 34.2. The highest BCUT2D eigenvalue weighted by Crippen LogP contribution is 2.31. The SMILES string of the molecule is C[C@H]1CN([C@@H](C)CO)C(=O)c2ccccc2-c2ccccc2CO[C@@H]1CN(C)S(=O)(=O)c1ccccc1. The van der Waals surface area contributed by atoms with Crippen molar-refractivity contribution in [3.8, 4) is 11.1 Å². The quantitative estimate of drug-likeness (QED) is 0.528. The number of carbonyl (C=O) groups excluding carboxylic acids is 1. The number of aliphatic hydroxyl groups is 1. The van der Waals surface area contributed by atoms with Crippen LogP contribution in [0.5, 0.6) is 0 Å². The molecule has 0 fully saturated rings. The Bertz CT molecular complexity index is 1330. The number of nitrogens with zero attached hydrogens (tertiary/aromatic N) is 2. The topological polar surface area (TPSA) is 87.2 Å². The van der Waals surface area contributed by atoms with Crippen molar-refractivity contribution < 1.29 is 23.1 Å². The van der Waals surface area contributed by atoms with Crippen molar-refractivity contribution >= 4 is 15.9 Å². The first-order chi connectivity index (χ1) is 17.7. The molecule has 37 heavy (non-hydrogen) atoms. The van der Waals surface area contributed by atoms with Gasteiger partial charge in [-0.05, 0) is 41.8 Å². The first kappa shape index (κ1) is 27.0. The standard InChI is InChI=1S/C29H34N2O5S/c1-21-17-31(22(2)19-32)29(33)27-16-10-9-15-26(27)25-14-8-7-11-23(25)20-36-28(21)18-30(3)37(34,35)24-12-5-4-6-13-24/h4-16,21-22,28,32H,17-20H2,1-3H3/t21-,22-,28+/m0/s1. The highest BCUT2D eigenvalue weighted by molar-refractivity contribution is 7.89. The van der Waals surface area contributed by atoms with Crippen LogP contribution in [0.3, 0.4) is 0 Å². The summed E-state index contributed by atoms with van der Waals surface area (Å²) in [5, 5.41) is 9.97. The van der Waals surface area contributed by atoms with Crippen molar-refractivity contribution in [1.82, 2.24) is 9.21 Å². The van der Waals surface area contributed by atoms with Gasteiger partial charge < -0.3 is 14.7 Å². The normalized spacial score (nSPS) is 19.6. The van der Waals surface area contributed by atoms with E-state index in [0.29, 0.717) is 12.1 Å². The van der Waals surface area contributed by atoms with Gasteiger partial charge in [0, 0.05) is 31.6 Å². The van der Waals surface area contributed by atoms with Gasteiger partial charge in [-0.1, -0.05) is 67.6 Å². The summed E-state index contributed by atoms with van der Waals surface area (Å²) in [5.41, 5.74) is 3.17. The number of ether oxygens (including phenoxy) is 1. The summed E-state index contributed by atoms with van der Waals surface area (Å²) in [6, 6.07) is 23.2. The van der Waals surface area contributed by atoms with Crippen LogP contribution in [-0.2, 0) is 21.4 Å². The Morgan fingerprint density at radius 3 is 2.24 bits per heavy atom. The predicted octanol–water partition coefficient (Wildman–Crippen LogP) is 4.03. The smallest absolute Gasteiger partial charge is 0.254 e. The maximum absolute atomic E-state index is 13.9. The van der Waals surface area contributed by atoms with E-state index in [0.717, 1.165) is 16.7 Å². The molecule has 1 aliphatic heterocycles. The van der Waals surface area contributed by atoms with E-state index >= 15 is 0 Å². The van der Waals surface area contributed by atoms with Crippen molar-refractivity contribution in [1.29, 1.82) is 0 Å². The second-order valence-corrected chi connectivity index (χ2v) is 11.7. The lowest BCUT2D eigenvalue weighted by molar-refractivity contribution is -0.0146. The molecule has 0 aromatic heterocycles. The van der Waals surface area contributed by atoms with E-state index in [1.165, 1.54) is 4.31 Å². The predicted molar refractivity (Wildman–Crippen MR) is 143 cm³/mol. The third kappa shape index (κ3) is 5.78. The van der Waals surface area contributed by atoms with Crippen LogP contribution in [0.15, 0.2) is 83.8 Å². The molecule has 0 saturated carbocycles. The molecular formula is C29H34N2O5S. The molecule has 3 aromatic rings. The van der Waals surface area contributed by atoms with Gasteiger partial charge in [0.05, 0.1) is 30.3 Å². The van der Waals surface area contributed by atoms with Crippen molar-refractivity contribution in [3.05, 3.63) is 90.0 Å². The summed E-state index contributed by atoms with van der Waals surface area (Å²) in [5.74, 6) is -0.395. The van der Waals surface area contributed by atoms with Gasteiger partial charge in [0.15, 0.2) is 0 Å². The Hall–Kier alpha value is -3.04. The number of rotatable bonds is 6. The number of sulfonamides is 1. The fourth-order valence-corrected chi connectivity index (χ4v) is 5.88. The van der Waals surface area contributed by atoms with Gasteiger partial charge in [0.25, 0.3) is 5.91 Å². The summed E-state index contributed by atoms with van der Waals surface area (Å²) in [6.45, 7) is 4.25. The van der Waals surface area contributed by atoms with Gasteiger partial charge in [-0.3, -0.25) is 4.79 Å². The lowest BCUT2D eigenvalue weighted by Gasteiger charge is -2.35. The van der Waals surface area contributed by atoms with E-state index in [1.807, 2.05) is 62.4 Å². The molecule has 1 aliphatic rings. The Morgan fingerprint density at radius 1 is 0.973 bits per heavy atom. The van der Waals surface area contributed by atoms with Crippen LogP contribution in [0.25, 0.3) is 11.1 Å². The highest BCUT2D eigenvalue weighted by Gasteiger charge is 2.32. The summed E-state index contributed by atoms with van der Waals surface area (Å²) in [4.78, 5) is 15.7. The molecule has 0 radical (unpaired) electrons. The highest BCUT2D eigenvalue weighted by atomic mass is 32.2.